The summed E-state index contributed by atoms with van der Waals surface area (Å²) in [5, 5.41) is 2.88. The zero-order chi connectivity index (χ0) is 15.4. The van der Waals surface area contributed by atoms with Crippen molar-refractivity contribution in [1.29, 1.82) is 0 Å². The summed E-state index contributed by atoms with van der Waals surface area (Å²) in [6.07, 6.45) is 0.376. The van der Waals surface area contributed by atoms with Gasteiger partial charge in [0.1, 0.15) is 0 Å². The molecule has 1 fully saturated rings. The van der Waals surface area contributed by atoms with Crippen LogP contribution >= 0.6 is 0 Å². The quantitative estimate of drug-likeness (QED) is 0.799. The van der Waals surface area contributed by atoms with E-state index in [4.69, 9.17) is 5.73 Å². The zero-order valence-electron chi connectivity index (χ0n) is 12.6. The molecular formula is C15H22N4O2. The molecule has 0 saturated carbocycles. The highest BCUT2D eigenvalue weighted by molar-refractivity contribution is 5.91. The van der Waals surface area contributed by atoms with Crippen LogP contribution in [0.4, 0.5) is 11.4 Å². The third-order valence-corrected chi connectivity index (χ3v) is 3.72. The highest BCUT2D eigenvalue weighted by atomic mass is 16.2. The summed E-state index contributed by atoms with van der Waals surface area (Å²) in [4.78, 5) is 27.3. The van der Waals surface area contributed by atoms with E-state index in [2.05, 4.69) is 5.32 Å². The fourth-order valence-electron chi connectivity index (χ4n) is 2.30. The van der Waals surface area contributed by atoms with Gasteiger partial charge in [-0.15, -0.1) is 0 Å². The molecule has 0 atom stereocenters. The number of likely N-dealkylation sites (N-methyl/N-ethyl adjacent to an activating group) is 1. The minimum atomic E-state index is -0.0470. The molecule has 0 radical (unpaired) electrons. The summed E-state index contributed by atoms with van der Waals surface area (Å²) in [5.74, 6) is 0.0604. The van der Waals surface area contributed by atoms with Crippen LogP contribution < -0.4 is 11.1 Å². The number of hydrogen-bond acceptors (Lipinski definition) is 4. The number of carbonyl (C=O) groups excluding carboxylic acids is 2. The zero-order valence-corrected chi connectivity index (χ0v) is 12.6. The predicted molar refractivity (Wildman–Crippen MR) is 82.9 cm³/mol. The highest BCUT2D eigenvalue weighted by Crippen LogP contribution is 2.17. The molecule has 3 N–H and O–H groups in total. The van der Waals surface area contributed by atoms with Gasteiger partial charge in [-0.1, -0.05) is 0 Å². The van der Waals surface area contributed by atoms with Gasteiger partial charge in [0.05, 0.1) is 6.54 Å². The molecule has 21 heavy (non-hydrogen) atoms. The van der Waals surface area contributed by atoms with Gasteiger partial charge in [0, 0.05) is 44.5 Å². The normalized spacial score (nSPS) is 16.1. The number of nitrogens with one attached hydrogen (secondary N) is 1. The number of hydrogen-bond donors (Lipinski definition) is 2. The van der Waals surface area contributed by atoms with E-state index in [9.17, 15) is 9.59 Å². The summed E-state index contributed by atoms with van der Waals surface area (Å²) in [6.45, 7) is 4.43. The first kappa shape index (κ1) is 15.3. The lowest BCUT2D eigenvalue weighted by molar-refractivity contribution is -0.134. The Hall–Kier alpha value is -2.08. The van der Waals surface area contributed by atoms with Gasteiger partial charge in [0.15, 0.2) is 0 Å². The van der Waals surface area contributed by atoms with E-state index in [1.807, 2.05) is 24.0 Å². The Bertz CT molecular complexity index is 544. The minimum absolute atomic E-state index is 0.0470. The summed E-state index contributed by atoms with van der Waals surface area (Å²) in [5.41, 5.74) is 8.09. The summed E-state index contributed by atoms with van der Waals surface area (Å²) in [7, 11) is 1.80. The summed E-state index contributed by atoms with van der Waals surface area (Å²) >= 11 is 0. The Morgan fingerprint density at radius 2 is 2.14 bits per heavy atom. The van der Waals surface area contributed by atoms with Crippen molar-refractivity contribution < 1.29 is 9.59 Å². The second-order valence-electron chi connectivity index (χ2n) is 5.46. The monoisotopic (exact) mass is 290 g/mol. The third kappa shape index (κ3) is 4.19. The second-order valence-corrected chi connectivity index (χ2v) is 5.46. The average molecular weight is 290 g/mol. The molecule has 1 aliphatic heterocycles. The van der Waals surface area contributed by atoms with Crippen molar-refractivity contribution in [3.8, 4) is 0 Å². The van der Waals surface area contributed by atoms with Crippen LogP contribution in [0.5, 0.6) is 0 Å². The van der Waals surface area contributed by atoms with Crippen LogP contribution in [0.3, 0.4) is 0 Å². The molecule has 1 saturated heterocycles. The number of nitrogen functional groups attached to an aromatic ring is 1. The second kappa shape index (κ2) is 6.58. The van der Waals surface area contributed by atoms with Crippen LogP contribution in [0, 0.1) is 6.92 Å². The Morgan fingerprint density at radius 3 is 2.81 bits per heavy atom. The number of carbonyl (C=O) groups is 2. The first-order valence-corrected chi connectivity index (χ1v) is 7.08. The molecule has 1 aromatic carbocycles. The predicted octanol–water partition coefficient (Wildman–Crippen LogP) is 0.680. The highest BCUT2D eigenvalue weighted by Gasteiger charge is 2.21. The van der Waals surface area contributed by atoms with E-state index in [1.54, 1.807) is 18.0 Å². The van der Waals surface area contributed by atoms with Crippen molar-refractivity contribution in [1.82, 2.24) is 9.80 Å². The van der Waals surface area contributed by atoms with Gasteiger partial charge in [-0.25, -0.2) is 0 Å². The van der Waals surface area contributed by atoms with Crippen LogP contribution in [0.1, 0.15) is 12.0 Å². The van der Waals surface area contributed by atoms with E-state index in [1.165, 1.54) is 0 Å². The molecule has 0 spiro atoms. The topological polar surface area (TPSA) is 78.7 Å². The van der Waals surface area contributed by atoms with Crippen LogP contribution in [0.25, 0.3) is 0 Å². The van der Waals surface area contributed by atoms with Crippen LogP contribution in [-0.4, -0.2) is 54.8 Å². The SMILES string of the molecule is Cc1cc(N)ccc1NC(=O)CCN1CCN(C)C(=O)C1. The lowest BCUT2D eigenvalue weighted by atomic mass is 10.1. The molecule has 0 unspecified atom stereocenters. The molecule has 1 aromatic rings. The van der Waals surface area contributed by atoms with Gasteiger partial charge in [-0.05, 0) is 30.7 Å². The molecule has 2 amide bonds. The Labute approximate surface area is 124 Å². The van der Waals surface area contributed by atoms with Gasteiger partial charge < -0.3 is 16.0 Å². The molecular weight excluding hydrogens is 268 g/mol. The number of amides is 2. The van der Waals surface area contributed by atoms with Gasteiger partial charge in [0.2, 0.25) is 11.8 Å². The number of benzene rings is 1. The Balaban J connectivity index is 1.81. The first-order chi connectivity index (χ1) is 9.95. The van der Waals surface area contributed by atoms with Crippen LogP contribution in [-0.2, 0) is 9.59 Å². The van der Waals surface area contributed by atoms with Gasteiger partial charge >= 0.3 is 0 Å². The molecule has 1 heterocycles. The number of nitrogens with zero attached hydrogens (tertiary/aromatic N) is 2. The number of piperazine rings is 1. The van der Waals surface area contributed by atoms with E-state index in [0.29, 0.717) is 25.2 Å². The molecule has 0 bridgehead atoms. The number of rotatable bonds is 4. The molecule has 114 valence electrons. The maximum atomic E-state index is 12.0. The fourth-order valence-corrected chi connectivity index (χ4v) is 2.30. The molecule has 0 aromatic heterocycles. The first-order valence-electron chi connectivity index (χ1n) is 7.08. The largest absolute Gasteiger partial charge is 0.399 e. The van der Waals surface area contributed by atoms with E-state index in [0.717, 1.165) is 24.3 Å². The lowest BCUT2D eigenvalue weighted by Crippen LogP contribution is -2.49. The van der Waals surface area contributed by atoms with Crippen molar-refractivity contribution in [2.75, 3.05) is 44.3 Å². The Kier molecular flexibility index (Phi) is 4.80. The maximum absolute atomic E-state index is 12.0. The third-order valence-electron chi connectivity index (χ3n) is 3.72. The van der Waals surface area contributed by atoms with Crippen molar-refractivity contribution in [2.45, 2.75) is 13.3 Å². The standard InChI is InChI=1S/C15H22N4O2/c1-11-9-12(16)3-4-13(11)17-14(20)5-6-19-8-7-18(2)15(21)10-19/h3-4,9H,5-8,10,16H2,1-2H3,(H,17,20). The van der Waals surface area contributed by atoms with Gasteiger partial charge in [0.25, 0.3) is 0 Å². The number of aryl methyl sites for hydroxylation is 1. The number of anilines is 2. The van der Waals surface area contributed by atoms with Crippen molar-refractivity contribution in [3.05, 3.63) is 23.8 Å². The molecule has 2 rings (SSSR count). The van der Waals surface area contributed by atoms with Crippen LogP contribution in [0.2, 0.25) is 0 Å². The number of nitrogens with two attached hydrogens (primary N) is 1. The fraction of sp³-hybridized carbons (Fsp3) is 0.467. The summed E-state index contributed by atoms with van der Waals surface area (Å²) in [6, 6.07) is 5.40. The average Bonchev–Trinajstić information content (AvgIpc) is 2.43. The van der Waals surface area contributed by atoms with Gasteiger partial charge in [-0.3, -0.25) is 14.5 Å². The summed E-state index contributed by atoms with van der Waals surface area (Å²) < 4.78 is 0. The Morgan fingerprint density at radius 1 is 1.38 bits per heavy atom. The smallest absolute Gasteiger partial charge is 0.236 e. The van der Waals surface area contributed by atoms with E-state index < -0.39 is 0 Å². The van der Waals surface area contributed by atoms with Gasteiger partial charge in [-0.2, -0.15) is 0 Å². The van der Waals surface area contributed by atoms with Crippen molar-refractivity contribution >= 4 is 23.2 Å². The maximum Gasteiger partial charge on any atom is 0.236 e. The molecule has 6 heteroatoms. The van der Waals surface area contributed by atoms with Crippen molar-refractivity contribution in [2.24, 2.45) is 0 Å². The van der Waals surface area contributed by atoms with Crippen LogP contribution in [0.15, 0.2) is 18.2 Å². The van der Waals surface area contributed by atoms with E-state index in [-0.39, 0.29) is 11.8 Å². The minimum Gasteiger partial charge on any atom is -0.399 e. The van der Waals surface area contributed by atoms with E-state index >= 15 is 0 Å². The molecule has 0 aliphatic carbocycles. The van der Waals surface area contributed by atoms with Crippen molar-refractivity contribution in [3.63, 3.8) is 0 Å². The lowest BCUT2D eigenvalue weighted by Gasteiger charge is -2.31. The molecule has 6 nitrogen and oxygen atoms in total. The molecule has 1 aliphatic rings.